The summed E-state index contributed by atoms with van der Waals surface area (Å²) in [5.74, 6) is -0.777. The van der Waals surface area contributed by atoms with Crippen LogP contribution >= 0.6 is 0 Å². The number of carbonyl (C=O) groups excluding carboxylic acids is 1. The summed E-state index contributed by atoms with van der Waals surface area (Å²) in [6.07, 6.45) is 2.22. The summed E-state index contributed by atoms with van der Waals surface area (Å²) in [4.78, 5) is 17.8. The van der Waals surface area contributed by atoms with Crippen LogP contribution in [0.4, 0.5) is 0 Å². The average molecular weight is 580 g/mol. The Hall–Kier alpha value is -3.64. The Morgan fingerprint density at radius 3 is 2.71 bits per heavy atom. The van der Waals surface area contributed by atoms with Gasteiger partial charge < -0.3 is 4.74 Å². The van der Waals surface area contributed by atoms with Crippen molar-refractivity contribution in [3.05, 3.63) is 64.7 Å². The maximum Gasteiger partial charge on any atom is 0.312 e. The van der Waals surface area contributed by atoms with Crippen molar-refractivity contribution in [2.75, 3.05) is 13.7 Å². The van der Waals surface area contributed by atoms with Gasteiger partial charge in [0.05, 0.1) is 41.7 Å². The summed E-state index contributed by atoms with van der Waals surface area (Å²) in [5, 5.41) is 13.5. The molecule has 4 aromatic rings. The molecule has 0 aliphatic carbocycles. The first kappa shape index (κ1) is 28.9. The van der Waals surface area contributed by atoms with E-state index in [2.05, 4.69) is 15.3 Å². The molecule has 11 nitrogen and oxygen atoms in total. The molecule has 0 N–H and O–H groups in total. The fourth-order valence-electron chi connectivity index (χ4n) is 5.97. The number of hydrogen-bond acceptors (Lipinski definition) is 8. The van der Waals surface area contributed by atoms with Crippen molar-refractivity contribution in [2.24, 2.45) is 18.4 Å². The number of sulfonamides is 1. The van der Waals surface area contributed by atoms with E-state index in [4.69, 9.17) is 9.84 Å². The van der Waals surface area contributed by atoms with Gasteiger partial charge in [0.25, 0.3) is 0 Å². The van der Waals surface area contributed by atoms with Crippen LogP contribution in [0.1, 0.15) is 61.8 Å². The lowest BCUT2D eigenvalue weighted by Gasteiger charge is -2.32. The van der Waals surface area contributed by atoms with Gasteiger partial charge in [-0.25, -0.2) is 13.1 Å². The molecule has 0 bridgehead atoms. The molecule has 218 valence electrons. The predicted octanol–water partition coefficient (Wildman–Crippen LogP) is 3.60. The zero-order chi connectivity index (χ0) is 29.7. The van der Waals surface area contributed by atoms with Crippen LogP contribution in [0.3, 0.4) is 0 Å². The quantitative estimate of drug-likeness (QED) is 0.304. The molecule has 0 saturated heterocycles. The monoisotopic (exact) mass is 579 g/mol. The number of pyridine rings is 1. The van der Waals surface area contributed by atoms with Gasteiger partial charge in [-0.05, 0) is 75.4 Å². The van der Waals surface area contributed by atoms with Gasteiger partial charge in [0.1, 0.15) is 10.4 Å². The molecule has 0 amide bonds. The molecule has 0 fully saturated rings. The number of methoxy groups -OCH3 is 1. The average Bonchev–Trinajstić information content (AvgIpc) is 3.49. The van der Waals surface area contributed by atoms with Gasteiger partial charge in [0.2, 0.25) is 10.0 Å². The van der Waals surface area contributed by atoms with E-state index >= 15 is 0 Å². The number of esters is 1. The summed E-state index contributed by atoms with van der Waals surface area (Å²) < 4.78 is 37.7. The first-order valence-corrected chi connectivity index (χ1v) is 15.2. The molecular formula is C29H37N7O4S. The van der Waals surface area contributed by atoms with E-state index in [9.17, 15) is 13.2 Å². The molecule has 5 rings (SSSR count). The first-order valence-electron chi connectivity index (χ1n) is 13.8. The second-order valence-corrected chi connectivity index (χ2v) is 13.3. The molecule has 1 aliphatic rings. The van der Waals surface area contributed by atoms with E-state index in [-0.39, 0.29) is 23.3 Å². The number of carbonyl (C=O) groups is 1. The first-order chi connectivity index (χ1) is 19.4. The lowest BCUT2D eigenvalue weighted by Crippen LogP contribution is -2.34. The van der Waals surface area contributed by atoms with Gasteiger partial charge in [-0.1, -0.05) is 18.2 Å². The molecular weight excluding hydrogens is 542 g/mol. The zero-order valence-corrected chi connectivity index (χ0v) is 25.4. The number of fused-ring (bicyclic) bond motifs is 2. The van der Waals surface area contributed by atoms with Crippen molar-refractivity contribution in [2.45, 2.75) is 64.9 Å². The third kappa shape index (κ3) is 4.93. The highest BCUT2D eigenvalue weighted by molar-refractivity contribution is 7.89. The Morgan fingerprint density at radius 1 is 1.24 bits per heavy atom. The largest absolute Gasteiger partial charge is 0.469 e. The van der Waals surface area contributed by atoms with Crippen LogP contribution in [0, 0.1) is 18.3 Å². The standard InChI is InChI=1S/C29H37N7O4S/c1-8-36-24-12-11-21(19(3)27(24)31-33-36)26(29(4,5)28(37)40-7)23-15-20(34(6)32-23)17-35-16-18(2)14-22-25(41(35,38)39)10-9-13-30-22/h9-13,15,18,26H,8,14,16-17H2,1-7H3/t18-,26-/m0/s1. The van der Waals surface area contributed by atoms with Crippen LogP contribution < -0.4 is 0 Å². The summed E-state index contributed by atoms with van der Waals surface area (Å²) in [7, 11) is -0.590. The number of benzene rings is 1. The Bertz CT molecular complexity index is 1720. The predicted molar refractivity (Wildman–Crippen MR) is 153 cm³/mol. The summed E-state index contributed by atoms with van der Waals surface area (Å²) >= 11 is 0. The van der Waals surface area contributed by atoms with Crippen LogP contribution in [0.5, 0.6) is 0 Å². The molecule has 0 spiro atoms. The number of hydrogen-bond donors (Lipinski definition) is 0. The van der Waals surface area contributed by atoms with Gasteiger partial charge in [0, 0.05) is 32.3 Å². The third-order valence-corrected chi connectivity index (χ3v) is 10.1. The van der Waals surface area contributed by atoms with Crippen molar-refractivity contribution < 1.29 is 17.9 Å². The van der Waals surface area contributed by atoms with Crippen LogP contribution in [0.15, 0.2) is 41.4 Å². The molecule has 2 atom stereocenters. The molecule has 1 aromatic carbocycles. The van der Waals surface area contributed by atoms with E-state index < -0.39 is 21.4 Å². The van der Waals surface area contributed by atoms with E-state index in [1.807, 2.05) is 57.5 Å². The maximum atomic E-state index is 13.7. The number of aryl methyl sites for hydroxylation is 3. The van der Waals surface area contributed by atoms with Crippen LogP contribution in [-0.2, 0) is 46.1 Å². The van der Waals surface area contributed by atoms with Crippen molar-refractivity contribution in [1.82, 2.24) is 34.1 Å². The molecule has 0 unspecified atom stereocenters. The fraction of sp³-hybridized carbons (Fsp3) is 0.483. The van der Waals surface area contributed by atoms with Crippen molar-refractivity contribution in [1.29, 1.82) is 0 Å². The van der Waals surface area contributed by atoms with E-state index in [1.165, 1.54) is 11.4 Å². The molecule has 12 heteroatoms. The molecule has 1 aliphatic heterocycles. The Morgan fingerprint density at radius 2 is 2.00 bits per heavy atom. The second-order valence-electron chi connectivity index (χ2n) is 11.4. The summed E-state index contributed by atoms with van der Waals surface area (Å²) in [5.41, 5.74) is 4.44. The normalized spacial score (nSPS) is 18.2. The van der Waals surface area contributed by atoms with Gasteiger partial charge in [0.15, 0.2) is 0 Å². The lowest BCUT2D eigenvalue weighted by atomic mass is 9.71. The molecule has 4 heterocycles. The molecule has 3 aromatic heterocycles. The number of ether oxygens (including phenoxy) is 1. The van der Waals surface area contributed by atoms with Crippen molar-refractivity contribution in [3.63, 3.8) is 0 Å². The van der Waals surface area contributed by atoms with Gasteiger partial charge in [-0.3, -0.25) is 14.5 Å². The smallest absolute Gasteiger partial charge is 0.312 e. The minimum absolute atomic E-state index is 0.0885. The second kappa shape index (κ2) is 10.6. The SMILES string of the molecule is CCn1nnc2c(C)c([C@@H](c3cc(CN4C[C@@H](C)Cc5ncccc5S4(=O)=O)n(C)n3)C(C)(C)C(=O)OC)ccc21. The van der Waals surface area contributed by atoms with Gasteiger partial charge >= 0.3 is 5.97 Å². The third-order valence-electron chi connectivity index (χ3n) is 8.18. The highest BCUT2D eigenvalue weighted by Gasteiger charge is 2.43. The van der Waals surface area contributed by atoms with E-state index in [0.29, 0.717) is 36.6 Å². The highest BCUT2D eigenvalue weighted by Crippen LogP contribution is 2.44. The Labute approximate surface area is 240 Å². The summed E-state index contributed by atoms with van der Waals surface area (Å²) in [6.45, 7) is 10.9. The van der Waals surface area contributed by atoms with E-state index in [0.717, 1.165) is 22.2 Å². The Kier molecular flexibility index (Phi) is 7.49. The van der Waals surface area contributed by atoms with Crippen molar-refractivity contribution in [3.8, 4) is 0 Å². The Balaban J connectivity index is 1.59. The van der Waals surface area contributed by atoms with Gasteiger partial charge in [-0.2, -0.15) is 9.40 Å². The minimum atomic E-state index is -3.77. The van der Waals surface area contributed by atoms with Crippen LogP contribution in [-0.4, -0.2) is 62.1 Å². The van der Waals surface area contributed by atoms with Crippen LogP contribution in [0.25, 0.3) is 11.0 Å². The molecule has 0 radical (unpaired) electrons. The lowest BCUT2D eigenvalue weighted by molar-refractivity contribution is -0.151. The number of nitrogens with zero attached hydrogens (tertiary/aromatic N) is 7. The summed E-state index contributed by atoms with van der Waals surface area (Å²) in [6, 6.07) is 9.16. The maximum absolute atomic E-state index is 13.7. The van der Waals surface area contributed by atoms with Gasteiger partial charge in [-0.15, -0.1) is 5.10 Å². The highest BCUT2D eigenvalue weighted by atomic mass is 32.2. The van der Waals surface area contributed by atoms with Crippen LogP contribution in [0.2, 0.25) is 0 Å². The fourth-order valence-corrected chi connectivity index (χ4v) is 7.68. The van der Waals surface area contributed by atoms with E-state index in [1.54, 1.807) is 30.1 Å². The topological polar surface area (TPSA) is 125 Å². The number of aromatic nitrogens is 6. The molecule has 0 saturated carbocycles. The zero-order valence-electron chi connectivity index (χ0n) is 24.6. The van der Waals surface area contributed by atoms with Crippen molar-refractivity contribution >= 4 is 27.0 Å². The minimum Gasteiger partial charge on any atom is -0.469 e. The number of rotatable bonds is 7. The molecule has 41 heavy (non-hydrogen) atoms.